The molecule has 0 saturated carbocycles. The molecule has 63 heavy (non-hydrogen) atoms. The second-order valence-corrected chi connectivity index (χ2v) is 16.0. The molecule has 0 unspecified atom stereocenters. The summed E-state index contributed by atoms with van der Waals surface area (Å²) < 4.78 is 25.9. The Morgan fingerprint density at radius 2 is 0.968 bits per heavy atom. The van der Waals surface area contributed by atoms with Crippen molar-refractivity contribution in [3.05, 3.63) is 200 Å². The van der Waals surface area contributed by atoms with E-state index < -0.39 is 0 Å². The summed E-state index contributed by atoms with van der Waals surface area (Å²) in [5, 5.41) is 8.45. The fourth-order valence-corrected chi connectivity index (χ4v) is 9.21. The van der Waals surface area contributed by atoms with Gasteiger partial charge in [0, 0.05) is 40.1 Å². The molecule has 3 aliphatic rings. The molecule has 10 aromatic carbocycles. The summed E-state index contributed by atoms with van der Waals surface area (Å²) in [7, 11) is 2.30. The highest BCUT2D eigenvalue weighted by atomic mass is 16.6. The maximum atomic E-state index is 6.54. The highest BCUT2D eigenvalue weighted by Gasteiger charge is 2.33. The Hall–Kier alpha value is -8.42. The van der Waals surface area contributed by atoms with Gasteiger partial charge >= 0.3 is 0 Å². The van der Waals surface area contributed by atoms with Gasteiger partial charge in [-0.15, -0.1) is 0 Å². The van der Waals surface area contributed by atoms with Crippen LogP contribution in [0, 0.1) is 0 Å². The maximum absolute atomic E-state index is 6.54. The number of hydrogen-bond acceptors (Lipinski definition) is 6. The van der Waals surface area contributed by atoms with Gasteiger partial charge in [0.05, 0.1) is 11.4 Å². The molecule has 3 aliphatic heterocycles. The quantitative estimate of drug-likeness (QED) is 0.175. The number of fused-ring (bicyclic) bond motifs is 8. The van der Waals surface area contributed by atoms with Crippen molar-refractivity contribution >= 4 is 68.2 Å². The molecule has 10 aromatic rings. The predicted molar refractivity (Wildman–Crippen MR) is 255 cm³/mol. The first-order valence-corrected chi connectivity index (χ1v) is 21.1. The minimum atomic E-state index is 0.635. The van der Waals surface area contributed by atoms with Crippen molar-refractivity contribution in [1.29, 1.82) is 0 Å². The molecule has 7 heteroatoms. The summed E-state index contributed by atoms with van der Waals surface area (Å²) in [6, 6.07) is 69.1. The zero-order chi connectivity index (χ0) is 41.4. The minimum Gasteiger partial charge on any atom is -0.450 e. The van der Waals surface area contributed by atoms with Crippen molar-refractivity contribution in [2.24, 2.45) is 0 Å². The third kappa shape index (κ3) is 5.89. The van der Waals surface area contributed by atoms with Gasteiger partial charge in [0.1, 0.15) is 0 Å². The van der Waals surface area contributed by atoms with Gasteiger partial charge in [0.25, 0.3) is 0 Å². The lowest BCUT2D eigenvalue weighted by molar-refractivity contribution is 0.359. The van der Waals surface area contributed by atoms with Crippen molar-refractivity contribution in [3.63, 3.8) is 0 Å². The molecule has 13 rings (SSSR count). The molecular formula is C56H34BN2O4. The Labute approximate surface area is 364 Å². The molecule has 3 heterocycles. The van der Waals surface area contributed by atoms with Crippen LogP contribution in [0.3, 0.4) is 0 Å². The molecule has 0 aliphatic carbocycles. The Morgan fingerprint density at radius 1 is 0.397 bits per heavy atom. The number of nitrogens with one attached hydrogen (secondary N) is 1. The molecule has 6 nitrogen and oxygen atoms in total. The molecule has 0 fully saturated rings. The zero-order valence-corrected chi connectivity index (χ0v) is 33.7. The van der Waals surface area contributed by atoms with Crippen LogP contribution in [0.4, 0.5) is 28.4 Å². The first-order valence-electron chi connectivity index (χ1n) is 21.1. The fraction of sp³-hybridized carbons (Fsp3) is 0. The van der Waals surface area contributed by atoms with Crippen molar-refractivity contribution in [3.8, 4) is 68.2 Å². The van der Waals surface area contributed by atoms with E-state index >= 15 is 0 Å². The van der Waals surface area contributed by atoms with Crippen molar-refractivity contribution in [1.82, 2.24) is 0 Å². The van der Waals surface area contributed by atoms with Crippen LogP contribution in [0.15, 0.2) is 200 Å². The standard InChI is InChI=1S/C56H34BN2O4/c1-2-12-34(13-3-1)35-22-25-38(26-23-35)58-56-41-17-7-4-14-36(41)24-28-42(56)54-40-16-6-5-15-37(40)30-45-55(54)57-43-32-52-53(63-49-21-11-10-20-48(49)62-52)33-44(43)59(45)39-27-29-50-51(31-39)61-47-19-9-8-18-46(47)60-50/h1-33,58H. The van der Waals surface area contributed by atoms with E-state index in [0.717, 1.165) is 72.0 Å². The summed E-state index contributed by atoms with van der Waals surface area (Å²) in [4.78, 5) is 2.31. The van der Waals surface area contributed by atoms with E-state index in [1.54, 1.807) is 0 Å². The predicted octanol–water partition coefficient (Wildman–Crippen LogP) is 14.3. The number of rotatable bonds is 5. The summed E-state index contributed by atoms with van der Waals surface area (Å²) in [5.41, 5.74) is 11.5. The average molecular weight is 810 g/mol. The highest BCUT2D eigenvalue weighted by molar-refractivity contribution is 6.74. The monoisotopic (exact) mass is 809 g/mol. The third-order valence-electron chi connectivity index (χ3n) is 12.2. The lowest BCUT2D eigenvalue weighted by Gasteiger charge is -2.37. The summed E-state index contributed by atoms with van der Waals surface area (Å²) in [5.74, 6) is 5.30. The van der Waals surface area contributed by atoms with Crippen molar-refractivity contribution < 1.29 is 18.9 Å². The Balaban J connectivity index is 1.03. The number of hydrogen-bond donors (Lipinski definition) is 1. The summed E-state index contributed by atoms with van der Waals surface area (Å²) in [6.07, 6.45) is 0. The smallest absolute Gasteiger partial charge is 0.198 e. The number of anilines is 5. The minimum absolute atomic E-state index is 0.635. The normalized spacial score (nSPS) is 12.7. The molecule has 1 N–H and O–H groups in total. The van der Waals surface area contributed by atoms with Gasteiger partial charge in [-0.25, -0.2) is 0 Å². The highest BCUT2D eigenvalue weighted by Crippen LogP contribution is 2.52. The van der Waals surface area contributed by atoms with E-state index in [-0.39, 0.29) is 0 Å². The van der Waals surface area contributed by atoms with E-state index in [1.165, 1.54) is 11.1 Å². The number of benzene rings is 10. The van der Waals surface area contributed by atoms with E-state index in [0.29, 0.717) is 46.0 Å². The first-order chi connectivity index (χ1) is 31.2. The molecule has 1 radical (unpaired) electrons. The maximum Gasteiger partial charge on any atom is 0.198 e. The molecule has 0 atom stereocenters. The second kappa shape index (κ2) is 14.1. The lowest BCUT2D eigenvalue weighted by atomic mass is 9.57. The number of nitrogens with zero attached hydrogens (tertiary/aromatic N) is 1. The first kappa shape index (κ1) is 35.4. The van der Waals surface area contributed by atoms with Crippen LogP contribution in [0.25, 0.3) is 43.8 Å². The molecule has 0 spiro atoms. The van der Waals surface area contributed by atoms with E-state index in [2.05, 4.69) is 157 Å². The topological polar surface area (TPSA) is 52.2 Å². The van der Waals surface area contributed by atoms with E-state index in [4.69, 9.17) is 18.9 Å². The van der Waals surface area contributed by atoms with Crippen LogP contribution in [0.2, 0.25) is 0 Å². The summed E-state index contributed by atoms with van der Waals surface area (Å²) >= 11 is 0. The zero-order valence-electron chi connectivity index (χ0n) is 33.7. The Bertz CT molecular complexity index is 3480. The molecule has 0 aromatic heterocycles. The van der Waals surface area contributed by atoms with Crippen LogP contribution >= 0.6 is 0 Å². The van der Waals surface area contributed by atoms with Gasteiger partial charge in [-0.05, 0) is 99.0 Å². The molecule has 295 valence electrons. The van der Waals surface area contributed by atoms with Crippen LogP contribution in [-0.2, 0) is 0 Å². The molecule has 0 saturated heterocycles. The van der Waals surface area contributed by atoms with E-state index in [1.807, 2.05) is 60.7 Å². The third-order valence-corrected chi connectivity index (χ3v) is 12.2. The summed E-state index contributed by atoms with van der Waals surface area (Å²) in [6.45, 7) is 0. The van der Waals surface area contributed by atoms with Gasteiger partial charge in [-0.1, -0.05) is 133 Å². The average Bonchev–Trinajstić information content (AvgIpc) is 3.33. The van der Waals surface area contributed by atoms with Crippen LogP contribution < -0.4 is 40.1 Å². The van der Waals surface area contributed by atoms with Crippen molar-refractivity contribution in [2.75, 3.05) is 10.2 Å². The Morgan fingerprint density at radius 3 is 1.70 bits per heavy atom. The largest absolute Gasteiger partial charge is 0.450 e. The van der Waals surface area contributed by atoms with Gasteiger partial charge < -0.3 is 29.2 Å². The van der Waals surface area contributed by atoms with E-state index in [9.17, 15) is 0 Å². The van der Waals surface area contributed by atoms with Gasteiger partial charge in [0.2, 0.25) is 0 Å². The second-order valence-electron chi connectivity index (χ2n) is 16.0. The van der Waals surface area contributed by atoms with Crippen LogP contribution in [0.5, 0.6) is 46.0 Å². The SMILES string of the molecule is [B]1c2cc3c(cc2N(c2ccc4c(c2)Oc2ccccc2O4)c2cc4ccccc4c(-c4ccc5ccccc5c4Nc4ccc(-c5ccccc5)cc4)c21)Oc1ccccc1O3. The molecule has 0 bridgehead atoms. The fourth-order valence-electron chi connectivity index (χ4n) is 9.21. The lowest BCUT2D eigenvalue weighted by Crippen LogP contribution is -2.41. The van der Waals surface area contributed by atoms with Crippen LogP contribution in [-0.4, -0.2) is 7.28 Å². The van der Waals surface area contributed by atoms with Crippen LogP contribution in [0.1, 0.15) is 0 Å². The number of ether oxygens (including phenoxy) is 4. The van der Waals surface area contributed by atoms with Gasteiger partial charge in [-0.3, -0.25) is 0 Å². The molecule has 0 amide bonds. The number of para-hydroxylation sites is 4. The Kier molecular flexibility index (Phi) is 7.90. The molecular weight excluding hydrogens is 775 g/mol. The van der Waals surface area contributed by atoms with Gasteiger partial charge in [0.15, 0.2) is 53.3 Å². The van der Waals surface area contributed by atoms with Crippen molar-refractivity contribution in [2.45, 2.75) is 0 Å². The van der Waals surface area contributed by atoms with Gasteiger partial charge in [-0.2, -0.15) is 0 Å².